The summed E-state index contributed by atoms with van der Waals surface area (Å²) in [5.41, 5.74) is 0. The van der Waals surface area contributed by atoms with Crippen molar-refractivity contribution in [2.24, 2.45) is 0 Å². The van der Waals surface area contributed by atoms with Gasteiger partial charge in [-0.2, -0.15) is 9.97 Å². The second-order valence-corrected chi connectivity index (χ2v) is 4.89. The Morgan fingerprint density at radius 2 is 2.00 bits per heavy atom. The van der Waals surface area contributed by atoms with Crippen molar-refractivity contribution in [2.75, 3.05) is 6.61 Å². The Balaban J connectivity index is 2.24. The highest BCUT2D eigenvalue weighted by Gasteiger charge is 2.11. The lowest BCUT2D eigenvalue weighted by Gasteiger charge is -2.07. The fraction of sp³-hybridized carbons (Fsp3) is 0.250. The van der Waals surface area contributed by atoms with Gasteiger partial charge in [-0.15, -0.1) is 4.98 Å². The van der Waals surface area contributed by atoms with Crippen molar-refractivity contribution in [3.63, 3.8) is 0 Å². The molecule has 2 rings (SSSR count). The third-order valence-corrected chi connectivity index (χ3v) is 2.92. The highest BCUT2D eigenvalue weighted by atomic mass is 79.9. The van der Waals surface area contributed by atoms with Crippen LogP contribution in [0.3, 0.4) is 0 Å². The summed E-state index contributed by atoms with van der Waals surface area (Å²) in [4.78, 5) is 11.6. The number of benzene rings is 1. The number of aromatic nitrogens is 3. The van der Waals surface area contributed by atoms with E-state index in [4.69, 9.17) is 21.1 Å². The summed E-state index contributed by atoms with van der Waals surface area (Å²) in [6, 6.07) is 4.01. The molecule has 0 aliphatic heterocycles. The summed E-state index contributed by atoms with van der Waals surface area (Å²) in [5.74, 6) is -0.209. The Morgan fingerprint density at radius 1 is 1.25 bits per heavy atom. The summed E-state index contributed by atoms with van der Waals surface area (Å²) in [7, 11) is 0. The summed E-state index contributed by atoms with van der Waals surface area (Å²) < 4.78 is 24.4. The Kier molecular flexibility index (Phi) is 5.08. The molecule has 0 spiro atoms. The first-order valence-electron chi connectivity index (χ1n) is 5.75. The van der Waals surface area contributed by atoms with Crippen molar-refractivity contribution in [3.8, 4) is 17.8 Å². The lowest BCUT2D eigenvalue weighted by atomic mass is 10.3. The molecule has 0 saturated heterocycles. The second kappa shape index (κ2) is 6.81. The van der Waals surface area contributed by atoms with Crippen LogP contribution in [0.25, 0.3) is 0 Å². The molecule has 0 atom stereocenters. The lowest BCUT2D eigenvalue weighted by molar-refractivity contribution is 0.284. The van der Waals surface area contributed by atoms with Gasteiger partial charge in [-0.25, -0.2) is 4.39 Å². The van der Waals surface area contributed by atoms with Crippen LogP contribution >= 0.6 is 27.5 Å². The maximum absolute atomic E-state index is 13.2. The van der Waals surface area contributed by atoms with Gasteiger partial charge < -0.3 is 9.47 Å². The third-order valence-electron chi connectivity index (χ3n) is 2.10. The van der Waals surface area contributed by atoms with Gasteiger partial charge in [0, 0.05) is 6.07 Å². The summed E-state index contributed by atoms with van der Waals surface area (Å²) in [6.45, 7) is 2.40. The molecule has 0 amide bonds. The SMILES string of the molecule is CCCOc1nc(Cl)nc(Oc2cc(F)ccc2Br)n1. The molecule has 1 aromatic carbocycles. The van der Waals surface area contributed by atoms with Crippen molar-refractivity contribution in [3.05, 3.63) is 33.8 Å². The highest BCUT2D eigenvalue weighted by Crippen LogP contribution is 2.29. The molecule has 2 aromatic rings. The first-order chi connectivity index (χ1) is 9.58. The molecular weight excluding hydrogens is 353 g/mol. The average molecular weight is 363 g/mol. The van der Waals surface area contributed by atoms with Crippen molar-refractivity contribution in [1.82, 2.24) is 15.0 Å². The number of nitrogens with zero attached hydrogens (tertiary/aromatic N) is 3. The molecule has 0 N–H and O–H groups in total. The average Bonchev–Trinajstić information content (AvgIpc) is 2.40. The molecule has 0 fully saturated rings. The Bertz CT molecular complexity index is 615. The van der Waals surface area contributed by atoms with Gasteiger partial charge in [0.1, 0.15) is 11.6 Å². The van der Waals surface area contributed by atoms with E-state index in [-0.39, 0.29) is 23.1 Å². The third kappa shape index (κ3) is 4.01. The van der Waals surface area contributed by atoms with E-state index in [0.29, 0.717) is 11.1 Å². The molecule has 0 aliphatic carbocycles. The van der Waals surface area contributed by atoms with Crippen LogP contribution in [0, 0.1) is 5.82 Å². The van der Waals surface area contributed by atoms with E-state index in [1.807, 2.05) is 6.92 Å². The van der Waals surface area contributed by atoms with E-state index in [9.17, 15) is 4.39 Å². The molecule has 0 bridgehead atoms. The number of hydrogen-bond donors (Lipinski definition) is 0. The van der Waals surface area contributed by atoms with Crippen LogP contribution in [0.2, 0.25) is 5.28 Å². The highest BCUT2D eigenvalue weighted by molar-refractivity contribution is 9.10. The van der Waals surface area contributed by atoms with Crippen LogP contribution in [0.1, 0.15) is 13.3 Å². The summed E-state index contributed by atoms with van der Waals surface area (Å²) in [6.07, 6.45) is 0.801. The van der Waals surface area contributed by atoms with Crippen LogP contribution in [0.5, 0.6) is 17.8 Å². The monoisotopic (exact) mass is 361 g/mol. The van der Waals surface area contributed by atoms with Crippen molar-refractivity contribution in [2.45, 2.75) is 13.3 Å². The molecule has 0 aliphatic rings. The number of ether oxygens (including phenoxy) is 2. The Labute approximate surface area is 128 Å². The fourth-order valence-electron chi connectivity index (χ4n) is 1.27. The standard InChI is InChI=1S/C12H10BrClFN3O2/c1-2-5-19-11-16-10(14)17-12(18-11)20-9-6-7(15)3-4-8(9)13/h3-4,6H,2,5H2,1H3. The van der Waals surface area contributed by atoms with Gasteiger partial charge >= 0.3 is 12.0 Å². The quantitative estimate of drug-likeness (QED) is 0.804. The van der Waals surface area contributed by atoms with Crippen molar-refractivity contribution in [1.29, 1.82) is 0 Å². The summed E-state index contributed by atoms with van der Waals surface area (Å²) >= 11 is 9.00. The molecule has 5 nitrogen and oxygen atoms in total. The predicted molar refractivity (Wildman–Crippen MR) is 74.8 cm³/mol. The normalized spacial score (nSPS) is 10.4. The van der Waals surface area contributed by atoms with Gasteiger partial charge in [-0.05, 0) is 46.1 Å². The zero-order chi connectivity index (χ0) is 14.5. The predicted octanol–water partition coefficient (Wildman–Crippen LogP) is 4.01. The van der Waals surface area contributed by atoms with Crippen LogP contribution in [0.4, 0.5) is 4.39 Å². The van der Waals surface area contributed by atoms with E-state index < -0.39 is 5.82 Å². The molecule has 20 heavy (non-hydrogen) atoms. The first kappa shape index (κ1) is 14.9. The molecule has 106 valence electrons. The number of rotatable bonds is 5. The lowest BCUT2D eigenvalue weighted by Crippen LogP contribution is -2.03. The smallest absolute Gasteiger partial charge is 0.329 e. The second-order valence-electron chi connectivity index (χ2n) is 3.69. The topological polar surface area (TPSA) is 57.1 Å². The molecule has 0 unspecified atom stereocenters. The zero-order valence-corrected chi connectivity index (χ0v) is 12.8. The van der Waals surface area contributed by atoms with Crippen molar-refractivity contribution < 1.29 is 13.9 Å². The minimum absolute atomic E-state index is 0.0615. The summed E-state index contributed by atoms with van der Waals surface area (Å²) in [5, 5.41) is -0.0615. The molecule has 0 saturated carbocycles. The van der Waals surface area contributed by atoms with Crippen LogP contribution in [0.15, 0.2) is 22.7 Å². The molecule has 1 aromatic heterocycles. The first-order valence-corrected chi connectivity index (χ1v) is 6.93. The number of hydrogen-bond acceptors (Lipinski definition) is 5. The van der Waals surface area contributed by atoms with E-state index in [2.05, 4.69) is 30.9 Å². The molecular formula is C12H10BrClFN3O2. The molecule has 8 heteroatoms. The Hall–Kier alpha value is -1.47. The zero-order valence-electron chi connectivity index (χ0n) is 10.4. The van der Waals surface area contributed by atoms with Crippen LogP contribution in [-0.4, -0.2) is 21.6 Å². The van der Waals surface area contributed by atoms with E-state index in [0.717, 1.165) is 6.42 Å². The molecule has 1 heterocycles. The minimum atomic E-state index is -0.439. The van der Waals surface area contributed by atoms with Crippen LogP contribution < -0.4 is 9.47 Å². The van der Waals surface area contributed by atoms with Gasteiger partial charge in [-0.3, -0.25) is 0 Å². The maximum Gasteiger partial charge on any atom is 0.329 e. The largest absolute Gasteiger partial charge is 0.463 e. The van der Waals surface area contributed by atoms with Crippen molar-refractivity contribution >= 4 is 27.5 Å². The van der Waals surface area contributed by atoms with E-state index >= 15 is 0 Å². The minimum Gasteiger partial charge on any atom is -0.463 e. The van der Waals surface area contributed by atoms with E-state index in [1.165, 1.54) is 18.2 Å². The molecule has 0 radical (unpaired) electrons. The van der Waals surface area contributed by atoms with Gasteiger partial charge in [0.05, 0.1) is 11.1 Å². The van der Waals surface area contributed by atoms with Gasteiger partial charge in [-0.1, -0.05) is 6.92 Å². The van der Waals surface area contributed by atoms with Crippen LogP contribution in [-0.2, 0) is 0 Å². The van der Waals surface area contributed by atoms with Gasteiger partial charge in [0.25, 0.3) is 0 Å². The van der Waals surface area contributed by atoms with Gasteiger partial charge in [0.2, 0.25) is 5.28 Å². The number of halogens is 3. The van der Waals surface area contributed by atoms with Gasteiger partial charge in [0.15, 0.2) is 0 Å². The van der Waals surface area contributed by atoms with E-state index in [1.54, 1.807) is 0 Å². The fourth-order valence-corrected chi connectivity index (χ4v) is 1.74. The Morgan fingerprint density at radius 3 is 2.75 bits per heavy atom. The maximum atomic E-state index is 13.2.